The molecule has 3 nitrogen and oxygen atoms in total. The Morgan fingerprint density at radius 1 is 1.10 bits per heavy atom. The second-order valence-electron chi connectivity index (χ2n) is 5.22. The predicted molar refractivity (Wildman–Crippen MR) is 84.8 cm³/mol. The molecule has 0 aliphatic heterocycles. The van der Waals surface area contributed by atoms with Gasteiger partial charge >= 0.3 is 0 Å². The van der Waals surface area contributed by atoms with E-state index in [9.17, 15) is 8.42 Å². The number of hydrogen-bond donors (Lipinski definition) is 1. The van der Waals surface area contributed by atoms with Crippen LogP contribution < -0.4 is 5.32 Å². The fourth-order valence-electron chi connectivity index (χ4n) is 2.58. The Bertz CT molecular complexity index is 707. The topological polar surface area (TPSA) is 46.2 Å². The van der Waals surface area contributed by atoms with Crippen molar-refractivity contribution in [1.82, 2.24) is 5.32 Å². The summed E-state index contributed by atoms with van der Waals surface area (Å²) in [7, 11) is -3.03. The fraction of sp³-hybridized carbons (Fsp3) is 0.375. The van der Waals surface area contributed by atoms with Crippen molar-refractivity contribution in [2.24, 2.45) is 0 Å². The van der Waals surface area contributed by atoms with Crippen molar-refractivity contribution in [1.29, 1.82) is 0 Å². The van der Waals surface area contributed by atoms with Crippen LogP contribution in [0.25, 0.3) is 10.8 Å². The van der Waals surface area contributed by atoms with E-state index in [1.54, 1.807) is 0 Å². The molecule has 0 spiro atoms. The highest BCUT2D eigenvalue weighted by molar-refractivity contribution is 7.90. The molecule has 0 heterocycles. The van der Waals surface area contributed by atoms with Gasteiger partial charge < -0.3 is 5.32 Å². The number of benzene rings is 2. The van der Waals surface area contributed by atoms with Crippen LogP contribution in [0.4, 0.5) is 0 Å². The molecule has 2 aromatic carbocycles. The van der Waals surface area contributed by atoms with E-state index < -0.39 is 9.84 Å². The van der Waals surface area contributed by atoms with E-state index in [0.717, 1.165) is 17.5 Å². The molecule has 0 saturated carbocycles. The standard InChI is InChI=1S/C16H21NO2S/c1-4-17-16(11-20(3,18)19)15-10-9-12(2)13-7-5-6-8-14(13)15/h5-10,16-17H,4,11H2,1-3H3. The van der Waals surface area contributed by atoms with Crippen molar-refractivity contribution in [3.63, 3.8) is 0 Å². The molecule has 0 amide bonds. The lowest BCUT2D eigenvalue weighted by molar-refractivity contribution is 0.565. The Labute approximate surface area is 120 Å². The van der Waals surface area contributed by atoms with Crippen LogP contribution in [0.2, 0.25) is 0 Å². The Morgan fingerprint density at radius 2 is 1.75 bits per heavy atom. The fourth-order valence-corrected chi connectivity index (χ4v) is 3.49. The Hall–Kier alpha value is -1.39. The lowest BCUT2D eigenvalue weighted by Crippen LogP contribution is -2.27. The zero-order valence-corrected chi connectivity index (χ0v) is 13.0. The zero-order valence-electron chi connectivity index (χ0n) is 12.2. The molecule has 0 aromatic heterocycles. The summed E-state index contributed by atoms with van der Waals surface area (Å²) in [5.41, 5.74) is 2.26. The monoisotopic (exact) mass is 291 g/mol. The number of hydrogen-bond acceptors (Lipinski definition) is 3. The van der Waals surface area contributed by atoms with Crippen molar-refractivity contribution in [3.05, 3.63) is 47.5 Å². The van der Waals surface area contributed by atoms with Crippen LogP contribution in [0.5, 0.6) is 0 Å². The molecule has 0 radical (unpaired) electrons. The van der Waals surface area contributed by atoms with Crippen LogP contribution in [-0.2, 0) is 9.84 Å². The molecular weight excluding hydrogens is 270 g/mol. The average molecular weight is 291 g/mol. The number of nitrogens with one attached hydrogen (secondary N) is 1. The third-order valence-corrected chi connectivity index (χ3v) is 4.41. The van der Waals surface area contributed by atoms with Gasteiger partial charge in [0.1, 0.15) is 9.84 Å². The first-order valence-corrected chi connectivity index (χ1v) is 8.88. The SMILES string of the molecule is CCNC(CS(C)(=O)=O)c1ccc(C)c2ccccc12. The molecule has 0 aliphatic carbocycles. The van der Waals surface area contributed by atoms with Gasteiger partial charge in [0.2, 0.25) is 0 Å². The van der Waals surface area contributed by atoms with E-state index in [1.807, 2.05) is 25.1 Å². The van der Waals surface area contributed by atoms with Gasteiger partial charge in [0.25, 0.3) is 0 Å². The Morgan fingerprint density at radius 3 is 2.35 bits per heavy atom. The van der Waals surface area contributed by atoms with Crippen molar-refractivity contribution < 1.29 is 8.42 Å². The highest BCUT2D eigenvalue weighted by Crippen LogP contribution is 2.27. The van der Waals surface area contributed by atoms with Crippen LogP contribution in [0, 0.1) is 6.92 Å². The lowest BCUT2D eigenvalue weighted by atomic mass is 9.96. The first kappa shape index (κ1) is 15.0. The summed E-state index contributed by atoms with van der Waals surface area (Å²) in [6, 6.07) is 12.1. The van der Waals surface area contributed by atoms with Gasteiger partial charge in [0.05, 0.1) is 5.75 Å². The minimum Gasteiger partial charge on any atom is -0.309 e. The van der Waals surface area contributed by atoms with Crippen LogP contribution in [-0.4, -0.2) is 27.0 Å². The first-order chi connectivity index (χ1) is 9.42. The van der Waals surface area contributed by atoms with Crippen LogP contribution in [0.15, 0.2) is 36.4 Å². The van der Waals surface area contributed by atoms with E-state index in [0.29, 0.717) is 0 Å². The molecule has 1 atom stereocenters. The summed E-state index contributed by atoms with van der Waals surface area (Å²) in [4.78, 5) is 0. The Kier molecular flexibility index (Phi) is 4.45. The number of fused-ring (bicyclic) bond motifs is 1. The lowest BCUT2D eigenvalue weighted by Gasteiger charge is -2.20. The van der Waals surface area contributed by atoms with Gasteiger partial charge in [0, 0.05) is 12.3 Å². The second-order valence-corrected chi connectivity index (χ2v) is 7.40. The summed E-state index contributed by atoms with van der Waals surface area (Å²) in [5.74, 6) is 0.119. The molecule has 4 heteroatoms. The summed E-state index contributed by atoms with van der Waals surface area (Å²) >= 11 is 0. The molecule has 1 N–H and O–H groups in total. The molecule has 0 aliphatic rings. The van der Waals surface area contributed by atoms with Gasteiger partial charge in [-0.1, -0.05) is 43.3 Å². The molecule has 1 unspecified atom stereocenters. The van der Waals surface area contributed by atoms with E-state index in [-0.39, 0.29) is 11.8 Å². The van der Waals surface area contributed by atoms with Gasteiger partial charge in [-0.2, -0.15) is 0 Å². The normalized spacial score (nSPS) is 13.6. The van der Waals surface area contributed by atoms with Crippen molar-refractivity contribution in [2.45, 2.75) is 19.9 Å². The van der Waals surface area contributed by atoms with E-state index in [4.69, 9.17) is 0 Å². The summed E-state index contributed by atoms with van der Waals surface area (Å²) in [6.07, 6.45) is 1.29. The molecule has 108 valence electrons. The summed E-state index contributed by atoms with van der Waals surface area (Å²) < 4.78 is 23.3. The largest absolute Gasteiger partial charge is 0.309 e. The maximum Gasteiger partial charge on any atom is 0.149 e. The molecule has 0 fully saturated rings. The first-order valence-electron chi connectivity index (χ1n) is 6.81. The highest BCUT2D eigenvalue weighted by Gasteiger charge is 2.18. The minimum atomic E-state index is -3.03. The van der Waals surface area contributed by atoms with Crippen LogP contribution >= 0.6 is 0 Å². The van der Waals surface area contributed by atoms with Crippen molar-refractivity contribution in [3.8, 4) is 0 Å². The summed E-state index contributed by atoms with van der Waals surface area (Å²) in [6.45, 7) is 4.80. The minimum absolute atomic E-state index is 0.119. The number of sulfone groups is 1. The van der Waals surface area contributed by atoms with E-state index in [1.165, 1.54) is 17.2 Å². The molecular formula is C16H21NO2S. The molecule has 2 rings (SSSR count). The molecule has 0 bridgehead atoms. The molecule has 20 heavy (non-hydrogen) atoms. The van der Waals surface area contributed by atoms with Gasteiger partial charge in [-0.05, 0) is 35.4 Å². The van der Waals surface area contributed by atoms with Crippen LogP contribution in [0.3, 0.4) is 0 Å². The Balaban J connectivity index is 2.56. The van der Waals surface area contributed by atoms with E-state index >= 15 is 0 Å². The van der Waals surface area contributed by atoms with E-state index in [2.05, 4.69) is 30.4 Å². The second kappa shape index (κ2) is 5.94. The highest BCUT2D eigenvalue weighted by atomic mass is 32.2. The summed E-state index contributed by atoms with van der Waals surface area (Å²) in [5, 5.41) is 5.60. The number of rotatable bonds is 5. The maximum atomic E-state index is 11.7. The zero-order chi connectivity index (χ0) is 14.8. The van der Waals surface area contributed by atoms with Crippen molar-refractivity contribution >= 4 is 20.6 Å². The average Bonchev–Trinajstić information content (AvgIpc) is 2.37. The van der Waals surface area contributed by atoms with Crippen molar-refractivity contribution in [2.75, 3.05) is 18.6 Å². The molecule has 2 aromatic rings. The van der Waals surface area contributed by atoms with Gasteiger partial charge in [-0.25, -0.2) is 8.42 Å². The van der Waals surface area contributed by atoms with Gasteiger partial charge in [-0.15, -0.1) is 0 Å². The third-order valence-electron chi connectivity index (χ3n) is 3.47. The number of aryl methyl sites for hydroxylation is 1. The smallest absolute Gasteiger partial charge is 0.149 e. The third kappa shape index (κ3) is 3.38. The van der Waals surface area contributed by atoms with Gasteiger partial charge in [-0.3, -0.25) is 0 Å². The predicted octanol–water partition coefficient (Wildman–Crippen LogP) is 2.84. The van der Waals surface area contributed by atoms with Gasteiger partial charge in [0.15, 0.2) is 0 Å². The quantitative estimate of drug-likeness (QED) is 0.921. The molecule has 0 saturated heterocycles. The van der Waals surface area contributed by atoms with Crippen LogP contribution in [0.1, 0.15) is 24.1 Å². The maximum absolute atomic E-state index is 11.7.